The molecule has 1 fully saturated rings. The third-order valence-electron chi connectivity index (χ3n) is 21.1. The first-order chi connectivity index (χ1) is 55.7. The second kappa shape index (κ2) is 38.7. The number of aromatic nitrogens is 15. The molecular weight excluding hydrogens is 1410 g/mol. The topological polar surface area (TPSA) is 148 Å². The molecule has 0 saturated heterocycles. The smallest absolute Gasteiger partial charge is 0.213 e. The first-order valence-corrected chi connectivity index (χ1v) is 40.0. The summed E-state index contributed by atoms with van der Waals surface area (Å²) in [5, 5.41) is 0. The van der Waals surface area contributed by atoms with Gasteiger partial charge in [-0.1, -0.05) is 138 Å². The van der Waals surface area contributed by atoms with Crippen LogP contribution in [0, 0.1) is 47.5 Å². The van der Waals surface area contributed by atoms with Crippen LogP contribution in [0.3, 0.4) is 0 Å². The average Bonchev–Trinajstić information content (AvgIpc) is 1.05. The van der Waals surface area contributed by atoms with Gasteiger partial charge in [0, 0.05) is 178 Å². The Morgan fingerprint density at radius 1 is 0.330 bits per heavy atom. The molecule has 0 spiro atoms. The van der Waals surface area contributed by atoms with Gasteiger partial charge in [0.1, 0.15) is 64.4 Å². The SMILES string of the molecule is CCc1nccc(-c2cc[n+](C)c(-c3ccccc3C)c2)n1.Cc1ccccc1-c1cc(-c2ccnc(C(C)C)n2)cc[n+]1C.Cc1ccccc1-c1cc(-c2ccnc(C3CCCC3)n2)cc[n+]1C.Cc1ccccc1-c1cc(-c2ccnc(CC(C)C)n2)cc[n+]1C.Cc1ncc(-c2cc[n+](C)c(-c3ccccc3C)c2)cn1. The van der Waals surface area contributed by atoms with Gasteiger partial charge in [-0.25, -0.2) is 72.7 Å². The van der Waals surface area contributed by atoms with Crippen LogP contribution in [0.5, 0.6) is 0 Å². The minimum atomic E-state index is 0.325. The predicted molar refractivity (Wildman–Crippen MR) is 462 cm³/mol. The number of hydrogen-bond acceptors (Lipinski definition) is 10. The summed E-state index contributed by atoms with van der Waals surface area (Å²) >= 11 is 0. The highest BCUT2D eigenvalue weighted by molar-refractivity contribution is 5.73. The van der Waals surface area contributed by atoms with E-state index in [9.17, 15) is 0 Å². The number of hydrogen-bond donors (Lipinski definition) is 0. The minimum absolute atomic E-state index is 0.325. The van der Waals surface area contributed by atoms with Crippen LogP contribution in [0.4, 0.5) is 0 Å². The molecule has 10 aromatic heterocycles. The summed E-state index contributed by atoms with van der Waals surface area (Å²) in [5.74, 6) is 5.89. The third-order valence-corrected chi connectivity index (χ3v) is 21.1. The normalized spacial score (nSPS) is 11.7. The van der Waals surface area contributed by atoms with E-state index in [1.807, 2.05) is 68.4 Å². The molecule has 0 bridgehead atoms. The summed E-state index contributed by atoms with van der Waals surface area (Å²) in [6.07, 6.45) is 28.5. The van der Waals surface area contributed by atoms with Crippen LogP contribution in [0.25, 0.3) is 112 Å². The Bertz CT molecular complexity index is 5830. The lowest BCUT2D eigenvalue weighted by atomic mass is 10.0. The van der Waals surface area contributed by atoms with Crippen LogP contribution in [-0.2, 0) is 48.1 Å². The molecule has 0 amide bonds. The van der Waals surface area contributed by atoms with Gasteiger partial charge in [-0.3, -0.25) is 0 Å². The molecule has 115 heavy (non-hydrogen) atoms. The van der Waals surface area contributed by atoms with E-state index in [0.717, 1.165) is 98.1 Å². The average molecular weight is 1520 g/mol. The molecule has 15 heteroatoms. The van der Waals surface area contributed by atoms with Gasteiger partial charge >= 0.3 is 0 Å². The highest BCUT2D eigenvalue weighted by Gasteiger charge is 2.24. The van der Waals surface area contributed by atoms with Crippen molar-refractivity contribution in [3.63, 3.8) is 0 Å². The van der Waals surface area contributed by atoms with Gasteiger partial charge in [0.05, 0.1) is 22.8 Å². The van der Waals surface area contributed by atoms with Crippen molar-refractivity contribution in [2.75, 3.05) is 0 Å². The summed E-state index contributed by atoms with van der Waals surface area (Å²) in [7, 11) is 10.4. The Hall–Kier alpha value is -12.8. The van der Waals surface area contributed by atoms with E-state index in [4.69, 9.17) is 15.0 Å². The fourth-order valence-electron chi connectivity index (χ4n) is 14.3. The summed E-state index contributed by atoms with van der Waals surface area (Å²) in [6, 6.07) is 71.9. The molecule has 578 valence electrons. The van der Waals surface area contributed by atoms with Gasteiger partial charge in [0.15, 0.2) is 31.0 Å². The van der Waals surface area contributed by atoms with E-state index in [1.165, 1.54) is 110 Å². The maximum atomic E-state index is 4.89. The molecule has 1 aliphatic rings. The lowest BCUT2D eigenvalue weighted by Gasteiger charge is -2.10. The Morgan fingerprint density at radius 3 is 1.00 bits per heavy atom. The quantitative estimate of drug-likeness (QED) is 0.0908. The van der Waals surface area contributed by atoms with Crippen molar-refractivity contribution in [2.45, 2.75) is 127 Å². The number of rotatable bonds is 15. The zero-order chi connectivity index (χ0) is 81.1. The van der Waals surface area contributed by atoms with Crippen molar-refractivity contribution < 1.29 is 22.8 Å². The van der Waals surface area contributed by atoms with E-state index in [0.29, 0.717) is 17.8 Å². The molecule has 5 aromatic carbocycles. The van der Waals surface area contributed by atoms with Crippen LogP contribution < -0.4 is 22.8 Å². The van der Waals surface area contributed by atoms with Crippen LogP contribution >= 0.6 is 0 Å². The van der Waals surface area contributed by atoms with Gasteiger partial charge in [0.25, 0.3) is 0 Å². The number of aryl methyl sites for hydroxylation is 12. The predicted octanol–water partition coefficient (Wildman–Crippen LogP) is 19.6. The second-order valence-corrected chi connectivity index (χ2v) is 30.6. The number of pyridine rings is 5. The largest absolute Gasteiger partial charge is 0.241 e. The molecular formula is C100H108N15+5. The minimum Gasteiger partial charge on any atom is -0.241 e. The van der Waals surface area contributed by atoms with Crippen LogP contribution in [0.15, 0.2) is 274 Å². The molecule has 10 heterocycles. The fraction of sp³-hybridized carbons (Fsp3) is 0.250. The first kappa shape index (κ1) is 81.7. The summed E-state index contributed by atoms with van der Waals surface area (Å²) in [4.78, 5) is 45.1. The Labute approximate surface area is 680 Å². The van der Waals surface area contributed by atoms with Crippen molar-refractivity contribution in [2.24, 2.45) is 41.2 Å². The fourth-order valence-corrected chi connectivity index (χ4v) is 14.3. The molecule has 1 saturated carbocycles. The Morgan fingerprint density at radius 2 is 0.643 bits per heavy atom. The highest BCUT2D eigenvalue weighted by Crippen LogP contribution is 2.35. The van der Waals surface area contributed by atoms with Crippen molar-refractivity contribution in [1.82, 2.24) is 49.8 Å². The maximum absolute atomic E-state index is 4.89. The highest BCUT2D eigenvalue weighted by atomic mass is 15.0. The first-order valence-electron chi connectivity index (χ1n) is 40.0. The Balaban J connectivity index is 0.000000133. The second-order valence-electron chi connectivity index (χ2n) is 30.6. The molecule has 0 atom stereocenters. The monoisotopic (exact) mass is 1520 g/mol. The van der Waals surface area contributed by atoms with Crippen molar-refractivity contribution >= 4 is 0 Å². The van der Waals surface area contributed by atoms with E-state index >= 15 is 0 Å². The summed E-state index contributed by atoms with van der Waals surface area (Å²) < 4.78 is 10.8. The molecule has 15 nitrogen and oxygen atoms in total. The number of nitrogens with zero attached hydrogens (tertiary/aromatic N) is 15. The van der Waals surface area contributed by atoms with Crippen molar-refractivity contribution in [3.8, 4) is 112 Å². The number of benzene rings is 5. The molecule has 0 unspecified atom stereocenters. The standard InChI is InChI=1S/C22H24N3.C21H24N3.C20H22N3.C19H20N3.C18H18N3/c1-16-7-3-6-10-19(16)21-15-18(12-14-25(21)2)20-11-13-23-22(24-20)17-8-4-5-9-17;1-15(2)13-21-22-11-9-19(23-21)17-10-12-24(4)20(14-17)18-8-6-5-7-16(18)3;1-14(2)20-21-11-9-18(22-20)16-10-12-23(4)19(13-16)17-8-6-5-7-15(17)3;1-4-19-20-11-9-17(21-19)15-10-12-22(3)18(13-15)16-8-6-5-7-14(16)2;1-13-6-4-5-7-17(13)18-10-15(8-9-21(18)3)16-11-19-14(2)20-12-16/h3,6-7,10-15,17H,4-5,8-9H2,1-2H3;5-12,14-15H,13H2,1-4H3;5-14H,1-4H3;5-13H,4H2,1-3H3;4-12H,1-3H3/q5*+1. The van der Waals surface area contributed by atoms with Crippen molar-refractivity contribution in [3.05, 3.63) is 331 Å². The van der Waals surface area contributed by atoms with Gasteiger partial charge in [-0.2, -0.15) is 0 Å². The van der Waals surface area contributed by atoms with E-state index in [1.54, 1.807) is 0 Å². The Kier molecular flexibility index (Phi) is 27.5. The van der Waals surface area contributed by atoms with E-state index in [2.05, 4.69) is 375 Å². The van der Waals surface area contributed by atoms with Crippen LogP contribution in [0.1, 0.15) is 129 Å². The lowest BCUT2D eigenvalue weighted by molar-refractivity contribution is -0.660. The molecule has 16 rings (SSSR count). The van der Waals surface area contributed by atoms with Crippen LogP contribution in [0.2, 0.25) is 0 Å². The summed E-state index contributed by atoms with van der Waals surface area (Å²) in [6.45, 7) is 23.3. The zero-order valence-corrected chi connectivity index (χ0v) is 69.7. The molecule has 15 aromatic rings. The molecule has 0 radical (unpaired) electrons. The van der Waals surface area contributed by atoms with E-state index in [-0.39, 0.29) is 0 Å². The summed E-state index contributed by atoms with van der Waals surface area (Å²) in [5.41, 5.74) is 29.2. The molecule has 0 N–H and O–H groups in total. The zero-order valence-electron chi connectivity index (χ0n) is 69.7. The lowest BCUT2D eigenvalue weighted by Crippen LogP contribution is -2.30. The van der Waals surface area contributed by atoms with Crippen LogP contribution in [-0.4, -0.2) is 49.8 Å². The third kappa shape index (κ3) is 20.9. The maximum Gasteiger partial charge on any atom is 0.213 e. The molecule has 0 aliphatic heterocycles. The van der Waals surface area contributed by atoms with E-state index < -0.39 is 0 Å². The van der Waals surface area contributed by atoms with Gasteiger partial charge in [-0.05, 0) is 148 Å². The van der Waals surface area contributed by atoms with Crippen molar-refractivity contribution in [1.29, 1.82) is 0 Å². The van der Waals surface area contributed by atoms with Gasteiger partial charge in [0.2, 0.25) is 28.5 Å². The van der Waals surface area contributed by atoms with Gasteiger partial charge < -0.3 is 0 Å². The molecule has 1 aliphatic carbocycles. The van der Waals surface area contributed by atoms with Gasteiger partial charge in [-0.15, -0.1) is 0 Å².